The van der Waals surface area contributed by atoms with Gasteiger partial charge in [0, 0.05) is 10.6 Å². The van der Waals surface area contributed by atoms with Crippen molar-refractivity contribution in [3.63, 3.8) is 0 Å². The van der Waals surface area contributed by atoms with Crippen LogP contribution in [0.1, 0.15) is 34.9 Å². The fourth-order valence-corrected chi connectivity index (χ4v) is 4.81. The lowest BCUT2D eigenvalue weighted by molar-refractivity contribution is -0.133. The second-order valence-electron chi connectivity index (χ2n) is 7.92. The van der Waals surface area contributed by atoms with Gasteiger partial charge in [0.25, 0.3) is 0 Å². The van der Waals surface area contributed by atoms with Crippen LogP contribution in [0.15, 0.2) is 91.0 Å². The normalized spacial score (nSPS) is 11.9. The summed E-state index contributed by atoms with van der Waals surface area (Å²) in [5.74, 6) is 0.0953. The number of hydrogen-bond donors (Lipinski definition) is 1. The van der Waals surface area contributed by atoms with Gasteiger partial charge in [-0.2, -0.15) is 0 Å². The fourth-order valence-electron chi connectivity index (χ4n) is 3.78. The van der Waals surface area contributed by atoms with Crippen molar-refractivity contribution in [3.05, 3.63) is 108 Å². The number of pyridine rings is 1. The third-order valence-corrected chi connectivity index (χ3v) is 6.80. The molecule has 4 rings (SSSR count). The van der Waals surface area contributed by atoms with Gasteiger partial charge in [-0.05, 0) is 54.7 Å². The molecule has 4 aromatic rings. The van der Waals surface area contributed by atoms with Crippen LogP contribution in [0.25, 0.3) is 10.9 Å². The summed E-state index contributed by atoms with van der Waals surface area (Å²) in [4.78, 5) is 15.8. The molecule has 0 aliphatic carbocycles. The Hall–Kier alpha value is -3.31. The minimum atomic E-state index is -0.782. The first-order chi connectivity index (χ1) is 16.2. The number of ether oxygens (including phenoxy) is 1. The van der Waals surface area contributed by atoms with Crippen molar-refractivity contribution in [2.45, 2.75) is 31.1 Å². The summed E-state index contributed by atoms with van der Waals surface area (Å²) in [5.41, 5.74) is 4.28. The third-order valence-electron chi connectivity index (χ3n) is 5.48. The van der Waals surface area contributed by atoms with Crippen LogP contribution in [-0.4, -0.2) is 21.8 Å². The van der Waals surface area contributed by atoms with Crippen molar-refractivity contribution >= 4 is 28.6 Å². The van der Waals surface area contributed by atoms with Gasteiger partial charge in [-0.25, -0.2) is 4.98 Å². The van der Waals surface area contributed by atoms with Crippen LogP contribution >= 0.6 is 11.8 Å². The molecule has 1 heterocycles. The number of carboxylic acids is 1. The van der Waals surface area contributed by atoms with Crippen molar-refractivity contribution in [2.75, 3.05) is 5.75 Å². The minimum absolute atomic E-state index is 0.0991. The van der Waals surface area contributed by atoms with Crippen LogP contribution in [0.3, 0.4) is 0 Å². The van der Waals surface area contributed by atoms with E-state index >= 15 is 0 Å². The van der Waals surface area contributed by atoms with Crippen LogP contribution < -0.4 is 4.74 Å². The maximum atomic E-state index is 11.1. The van der Waals surface area contributed by atoms with Crippen LogP contribution in [0.5, 0.6) is 5.75 Å². The molecule has 4 nitrogen and oxygen atoms in total. The Morgan fingerprint density at radius 3 is 2.45 bits per heavy atom. The van der Waals surface area contributed by atoms with E-state index in [1.807, 2.05) is 60.7 Å². The molecule has 0 fully saturated rings. The van der Waals surface area contributed by atoms with E-state index in [0.29, 0.717) is 6.61 Å². The number of carboxylic acid groups (broad SMARTS) is 1. The average molecular weight is 458 g/mol. The molecule has 0 aliphatic rings. The van der Waals surface area contributed by atoms with E-state index in [4.69, 9.17) is 9.84 Å². The molecule has 1 atom stereocenters. The van der Waals surface area contributed by atoms with Gasteiger partial charge >= 0.3 is 5.97 Å². The number of para-hydroxylation sites is 1. The topological polar surface area (TPSA) is 59.4 Å². The third kappa shape index (κ3) is 6.83. The molecule has 3 aromatic carbocycles. The predicted molar refractivity (Wildman–Crippen MR) is 135 cm³/mol. The Bertz CT molecular complexity index is 1180. The first-order valence-electron chi connectivity index (χ1n) is 11.1. The van der Waals surface area contributed by atoms with Gasteiger partial charge in [-0.15, -0.1) is 11.8 Å². The number of hydrogen-bond acceptors (Lipinski definition) is 4. The van der Waals surface area contributed by atoms with Gasteiger partial charge in [-0.3, -0.25) is 4.79 Å². The molecule has 0 aliphatic heterocycles. The number of fused-ring (bicyclic) bond motifs is 1. The molecule has 1 unspecified atom stereocenters. The van der Waals surface area contributed by atoms with Gasteiger partial charge in [-0.1, -0.05) is 66.7 Å². The van der Waals surface area contributed by atoms with Crippen molar-refractivity contribution in [2.24, 2.45) is 0 Å². The highest BCUT2D eigenvalue weighted by Crippen LogP contribution is 2.34. The van der Waals surface area contributed by atoms with Crippen molar-refractivity contribution in [1.82, 2.24) is 4.98 Å². The lowest BCUT2D eigenvalue weighted by Gasteiger charge is -2.17. The minimum Gasteiger partial charge on any atom is -0.487 e. The van der Waals surface area contributed by atoms with Gasteiger partial charge in [0.05, 0.1) is 17.0 Å². The molecule has 0 spiro atoms. The van der Waals surface area contributed by atoms with Gasteiger partial charge in [0.15, 0.2) is 0 Å². The zero-order valence-corrected chi connectivity index (χ0v) is 19.2. The standard InChI is InChI=1S/C28H27NO3S/c30-28(31)20-33-27(12-6-9-21-7-2-1-3-8-21)23-14-17-25(18-15-23)32-19-24-16-13-22-10-4-5-11-26(22)29-24/h1-5,7-8,10-11,13-18,27H,6,9,12,19-20H2,(H,30,31). The second-order valence-corrected chi connectivity index (χ2v) is 9.12. The van der Waals surface area contributed by atoms with E-state index in [0.717, 1.165) is 47.2 Å². The Morgan fingerprint density at radius 1 is 0.909 bits per heavy atom. The molecule has 0 amide bonds. The molecule has 1 N–H and O–H groups in total. The number of carbonyl (C=O) groups is 1. The number of rotatable bonds is 11. The summed E-state index contributed by atoms with van der Waals surface area (Å²) in [5, 5.41) is 10.4. The summed E-state index contributed by atoms with van der Waals surface area (Å²) in [6.45, 7) is 0.401. The van der Waals surface area contributed by atoms with Gasteiger partial charge in [0.1, 0.15) is 12.4 Å². The van der Waals surface area contributed by atoms with Gasteiger partial charge < -0.3 is 9.84 Å². The zero-order chi connectivity index (χ0) is 22.9. The first-order valence-corrected chi connectivity index (χ1v) is 12.2. The number of aliphatic carboxylic acids is 1. The molecule has 168 valence electrons. The maximum Gasteiger partial charge on any atom is 0.313 e. The monoisotopic (exact) mass is 457 g/mol. The van der Waals surface area contributed by atoms with E-state index < -0.39 is 5.97 Å². The smallest absolute Gasteiger partial charge is 0.313 e. The predicted octanol–water partition coefficient (Wildman–Crippen LogP) is 6.70. The fraction of sp³-hybridized carbons (Fsp3) is 0.214. The Morgan fingerprint density at radius 2 is 1.67 bits per heavy atom. The van der Waals surface area contributed by atoms with E-state index in [-0.39, 0.29) is 11.0 Å². The lowest BCUT2D eigenvalue weighted by Crippen LogP contribution is -2.04. The van der Waals surface area contributed by atoms with E-state index in [1.54, 1.807) is 0 Å². The number of aromatic nitrogens is 1. The summed E-state index contributed by atoms with van der Waals surface area (Å²) in [6, 6.07) is 30.5. The average Bonchev–Trinajstić information content (AvgIpc) is 2.85. The van der Waals surface area contributed by atoms with Crippen LogP contribution in [-0.2, 0) is 17.8 Å². The molecular weight excluding hydrogens is 430 g/mol. The van der Waals surface area contributed by atoms with Crippen LogP contribution in [0, 0.1) is 0 Å². The molecule has 0 radical (unpaired) electrons. The van der Waals surface area contributed by atoms with Crippen LogP contribution in [0.4, 0.5) is 0 Å². The molecule has 1 aromatic heterocycles. The van der Waals surface area contributed by atoms with Crippen LogP contribution in [0.2, 0.25) is 0 Å². The Balaban J connectivity index is 1.36. The highest BCUT2D eigenvalue weighted by atomic mass is 32.2. The summed E-state index contributed by atoms with van der Waals surface area (Å²) in [7, 11) is 0. The summed E-state index contributed by atoms with van der Waals surface area (Å²) in [6.07, 6.45) is 2.92. The lowest BCUT2D eigenvalue weighted by atomic mass is 10.0. The molecule has 0 bridgehead atoms. The second kappa shape index (κ2) is 11.5. The Kier molecular flexibility index (Phi) is 7.99. The molecule has 5 heteroatoms. The SMILES string of the molecule is O=C(O)CSC(CCCc1ccccc1)c1ccc(OCc2ccc3ccccc3n2)cc1. The maximum absolute atomic E-state index is 11.1. The quantitative estimate of drug-likeness (QED) is 0.272. The highest BCUT2D eigenvalue weighted by molar-refractivity contribution is 8.00. The summed E-state index contributed by atoms with van der Waals surface area (Å²) >= 11 is 1.48. The number of aryl methyl sites for hydroxylation is 1. The zero-order valence-electron chi connectivity index (χ0n) is 18.4. The number of nitrogens with zero attached hydrogens (tertiary/aromatic N) is 1. The number of benzene rings is 3. The molecule has 33 heavy (non-hydrogen) atoms. The molecule has 0 saturated carbocycles. The van der Waals surface area contributed by atoms with E-state index in [9.17, 15) is 4.79 Å². The first kappa shape index (κ1) is 22.9. The van der Waals surface area contributed by atoms with Crippen molar-refractivity contribution in [3.8, 4) is 5.75 Å². The van der Waals surface area contributed by atoms with Gasteiger partial charge in [0.2, 0.25) is 0 Å². The van der Waals surface area contributed by atoms with E-state index in [1.165, 1.54) is 17.3 Å². The molecular formula is C28H27NO3S. The summed E-state index contributed by atoms with van der Waals surface area (Å²) < 4.78 is 5.95. The van der Waals surface area contributed by atoms with Crippen molar-refractivity contribution in [1.29, 1.82) is 0 Å². The Labute approximate surface area is 198 Å². The highest BCUT2D eigenvalue weighted by Gasteiger charge is 2.14. The largest absolute Gasteiger partial charge is 0.487 e. The van der Waals surface area contributed by atoms with Crippen molar-refractivity contribution < 1.29 is 14.6 Å². The molecule has 0 saturated heterocycles. The number of thioether (sulfide) groups is 1. The van der Waals surface area contributed by atoms with E-state index in [2.05, 4.69) is 35.3 Å².